The van der Waals surface area contributed by atoms with Crippen molar-refractivity contribution in [2.45, 2.75) is 13.0 Å². The Bertz CT molecular complexity index is 512. The SMILES string of the molecule is Cc1cc(Cl)ccc1C(O)c1cnc(N)s1. The highest BCUT2D eigenvalue weighted by Crippen LogP contribution is 2.30. The summed E-state index contributed by atoms with van der Waals surface area (Å²) < 4.78 is 0. The third kappa shape index (κ3) is 2.19. The third-order valence-corrected chi connectivity index (χ3v) is 3.45. The first kappa shape index (κ1) is 11.4. The predicted molar refractivity (Wildman–Crippen MR) is 66.8 cm³/mol. The van der Waals surface area contributed by atoms with Crippen LogP contribution >= 0.6 is 22.9 Å². The summed E-state index contributed by atoms with van der Waals surface area (Å²) in [7, 11) is 0. The molecule has 3 nitrogen and oxygen atoms in total. The molecule has 84 valence electrons. The highest BCUT2D eigenvalue weighted by Gasteiger charge is 2.15. The quantitative estimate of drug-likeness (QED) is 0.866. The lowest BCUT2D eigenvalue weighted by Gasteiger charge is -2.11. The lowest BCUT2D eigenvalue weighted by molar-refractivity contribution is 0.223. The Kier molecular flexibility index (Phi) is 3.14. The van der Waals surface area contributed by atoms with E-state index in [1.165, 1.54) is 11.3 Å². The fraction of sp³-hybridized carbons (Fsp3) is 0.182. The maximum Gasteiger partial charge on any atom is 0.180 e. The van der Waals surface area contributed by atoms with E-state index >= 15 is 0 Å². The normalized spacial score (nSPS) is 12.7. The summed E-state index contributed by atoms with van der Waals surface area (Å²) in [5.41, 5.74) is 7.31. The van der Waals surface area contributed by atoms with Gasteiger partial charge in [0.1, 0.15) is 6.10 Å². The number of aryl methyl sites for hydroxylation is 1. The van der Waals surface area contributed by atoms with Gasteiger partial charge in [-0.1, -0.05) is 29.0 Å². The Morgan fingerprint density at radius 2 is 2.25 bits per heavy atom. The molecular weight excluding hydrogens is 244 g/mol. The molecule has 0 fully saturated rings. The number of hydrogen-bond donors (Lipinski definition) is 2. The number of nitrogen functional groups attached to an aromatic ring is 1. The molecule has 0 bridgehead atoms. The van der Waals surface area contributed by atoms with Gasteiger partial charge in [-0.3, -0.25) is 0 Å². The van der Waals surface area contributed by atoms with E-state index in [-0.39, 0.29) is 0 Å². The highest BCUT2D eigenvalue weighted by atomic mass is 35.5. The van der Waals surface area contributed by atoms with Gasteiger partial charge in [-0.05, 0) is 30.2 Å². The van der Waals surface area contributed by atoms with E-state index in [0.717, 1.165) is 16.0 Å². The molecule has 1 unspecified atom stereocenters. The largest absolute Gasteiger partial charge is 0.383 e. The summed E-state index contributed by atoms with van der Waals surface area (Å²) in [4.78, 5) is 4.66. The number of aromatic nitrogens is 1. The smallest absolute Gasteiger partial charge is 0.180 e. The van der Waals surface area contributed by atoms with Crippen LogP contribution in [0.3, 0.4) is 0 Å². The number of aliphatic hydroxyl groups excluding tert-OH is 1. The number of anilines is 1. The number of nitrogens with zero attached hydrogens (tertiary/aromatic N) is 1. The van der Waals surface area contributed by atoms with Gasteiger partial charge >= 0.3 is 0 Å². The van der Waals surface area contributed by atoms with E-state index in [4.69, 9.17) is 17.3 Å². The molecule has 2 rings (SSSR count). The van der Waals surface area contributed by atoms with E-state index in [1.807, 2.05) is 19.1 Å². The van der Waals surface area contributed by atoms with Crippen LogP contribution in [0.1, 0.15) is 22.1 Å². The van der Waals surface area contributed by atoms with Gasteiger partial charge in [0.2, 0.25) is 0 Å². The number of nitrogens with two attached hydrogens (primary N) is 1. The van der Waals surface area contributed by atoms with Crippen LogP contribution in [0.25, 0.3) is 0 Å². The second kappa shape index (κ2) is 4.41. The maximum absolute atomic E-state index is 10.1. The Morgan fingerprint density at radius 3 is 2.81 bits per heavy atom. The number of hydrogen-bond acceptors (Lipinski definition) is 4. The van der Waals surface area contributed by atoms with Gasteiger partial charge in [-0.15, -0.1) is 0 Å². The fourth-order valence-corrected chi connectivity index (χ4v) is 2.44. The standard InChI is InChI=1S/C11H11ClN2OS/c1-6-4-7(12)2-3-8(6)10(15)9-5-14-11(13)16-9/h2-5,10,15H,1H3,(H2,13,14). The summed E-state index contributed by atoms with van der Waals surface area (Å²) in [5, 5.41) is 11.3. The van der Waals surface area contributed by atoms with Crippen LogP contribution in [0.4, 0.5) is 5.13 Å². The molecule has 1 heterocycles. The fourth-order valence-electron chi connectivity index (χ4n) is 1.53. The molecular formula is C11H11ClN2OS. The van der Waals surface area contributed by atoms with Crippen molar-refractivity contribution in [2.75, 3.05) is 5.73 Å². The molecule has 0 radical (unpaired) electrons. The predicted octanol–water partition coefficient (Wildman–Crippen LogP) is 2.77. The minimum Gasteiger partial charge on any atom is -0.383 e. The zero-order valence-corrected chi connectivity index (χ0v) is 10.2. The zero-order chi connectivity index (χ0) is 11.7. The molecule has 16 heavy (non-hydrogen) atoms. The van der Waals surface area contributed by atoms with E-state index < -0.39 is 6.10 Å². The van der Waals surface area contributed by atoms with Crippen molar-refractivity contribution < 1.29 is 5.11 Å². The van der Waals surface area contributed by atoms with Crippen LogP contribution in [0.2, 0.25) is 5.02 Å². The molecule has 0 amide bonds. The maximum atomic E-state index is 10.1. The average molecular weight is 255 g/mol. The summed E-state index contributed by atoms with van der Waals surface area (Å²) in [6, 6.07) is 5.40. The van der Waals surface area contributed by atoms with E-state index in [0.29, 0.717) is 10.2 Å². The van der Waals surface area contributed by atoms with E-state index in [9.17, 15) is 5.11 Å². The second-order valence-electron chi connectivity index (χ2n) is 3.50. The van der Waals surface area contributed by atoms with Crippen LogP contribution in [0.15, 0.2) is 24.4 Å². The summed E-state index contributed by atoms with van der Waals surface area (Å²) in [6.45, 7) is 1.91. The van der Waals surface area contributed by atoms with Gasteiger partial charge in [0.25, 0.3) is 0 Å². The van der Waals surface area contributed by atoms with Gasteiger partial charge in [-0.25, -0.2) is 4.98 Å². The summed E-state index contributed by atoms with van der Waals surface area (Å²) in [6.07, 6.45) is 0.908. The van der Waals surface area contributed by atoms with Crippen molar-refractivity contribution in [3.05, 3.63) is 45.4 Å². The molecule has 0 saturated heterocycles. The minimum atomic E-state index is -0.688. The number of aliphatic hydroxyl groups is 1. The van der Waals surface area contributed by atoms with Crippen molar-refractivity contribution in [3.8, 4) is 0 Å². The van der Waals surface area contributed by atoms with Crippen molar-refractivity contribution in [1.82, 2.24) is 4.98 Å². The van der Waals surface area contributed by atoms with Gasteiger partial charge in [0.15, 0.2) is 5.13 Å². The molecule has 1 aromatic carbocycles. The van der Waals surface area contributed by atoms with Gasteiger partial charge < -0.3 is 10.8 Å². The molecule has 0 spiro atoms. The lowest BCUT2D eigenvalue weighted by Crippen LogP contribution is -1.99. The minimum absolute atomic E-state index is 0.459. The number of halogens is 1. The number of benzene rings is 1. The van der Waals surface area contributed by atoms with Crippen molar-refractivity contribution in [1.29, 1.82) is 0 Å². The first-order valence-corrected chi connectivity index (χ1v) is 5.92. The van der Waals surface area contributed by atoms with Crippen molar-refractivity contribution in [2.24, 2.45) is 0 Å². The Morgan fingerprint density at radius 1 is 1.50 bits per heavy atom. The van der Waals surface area contributed by atoms with Gasteiger partial charge in [0.05, 0.1) is 4.88 Å². The third-order valence-electron chi connectivity index (χ3n) is 2.34. The van der Waals surface area contributed by atoms with Crippen LogP contribution in [-0.2, 0) is 0 Å². The Balaban J connectivity index is 2.37. The number of thiazole rings is 1. The molecule has 0 aliphatic rings. The topological polar surface area (TPSA) is 59.1 Å². The van der Waals surface area contributed by atoms with Crippen molar-refractivity contribution in [3.63, 3.8) is 0 Å². The molecule has 1 aromatic heterocycles. The summed E-state index contributed by atoms with van der Waals surface area (Å²) >= 11 is 7.15. The Hall–Kier alpha value is -1.10. The lowest BCUT2D eigenvalue weighted by atomic mass is 10.0. The molecule has 0 aliphatic heterocycles. The highest BCUT2D eigenvalue weighted by molar-refractivity contribution is 7.15. The molecule has 5 heteroatoms. The van der Waals surface area contributed by atoms with Crippen LogP contribution in [-0.4, -0.2) is 10.1 Å². The Labute approximate surface area is 103 Å². The van der Waals surface area contributed by atoms with Crippen molar-refractivity contribution >= 4 is 28.1 Å². The van der Waals surface area contributed by atoms with E-state index in [1.54, 1.807) is 12.3 Å². The molecule has 1 atom stereocenters. The molecule has 2 aromatic rings. The molecule has 0 aliphatic carbocycles. The first-order valence-electron chi connectivity index (χ1n) is 4.73. The monoisotopic (exact) mass is 254 g/mol. The van der Waals surface area contributed by atoms with E-state index in [2.05, 4.69) is 4.98 Å². The average Bonchev–Trinajstić information content (AvgIpc) is 2.64. The van der Waals surface area contributed by atoms with Crippen LogP contribution in [0.5, 0.6) is 0 Å². The summed E-state index contributed by atoms with van der Waals surface area (Å²) in [5.74, 6) is 0. The van der Waals surface area contributed by atoms with Gasteiger partial charge in [0, 0.05) is 11.2 Å². The van der Waals surface area contributed by atoms with Crippen LogP contribution < -0.4 is 5.73 Å². The van der Waals surface area contributed by atoms with Gasteiger partial charge in [-0.2, -0.15) is 0 Å². The van der Waals surface area contributed by atoms with Crippen LogP contribution in [0, 0.1) is 6.92 Å². The first-order chi connectivity index (χ1) is 7.58. The second-order valence-corrected chi connectivity index (χ2v) is 5.03. The molecule has 0 saturated carbocycles. The zero-order valence-electron chi connectivity index (χ0n) is 8.64. The number of rotatable bonds is 2. The molecule has 3 N–H and O–H groups in total.